The Labute approximate surface area is 156 Å². The average molecular weight is 365 g/mol. The van der Waals surface area contributed by atoms with E-state index in [9.17, 15) is 4.79 Å². The maximum absolute atomic E-state index is 12.1. The highest BCUT2D eigenvalue weighted by Gasteiger charge is 2.07. The van der Waals surface area contributed by atoms with E-state index in [1.807, 2.05) is 60.7 Å². The summed E-state index contributed by atoms with van der Waals surface area (Å²) in [6.45, 7) is 0. The molecule has 0 bridgehead atoms. The molecule has 0 heterocycles. The minimum Gasteiger partial charge on any atom is -0.307 e. The van der Waals surface area contributed by atoms with Crippen LogP contribution in [0.2, 0.25) is 5.02 Å². The molecule has 5 nitrogen and oxygen atoms in total. The molecule has 3 aromatic carbocycles. The number of carbonyl (C=O) groups is 1. The van der Waals surface area contributed by atoms with Crippen molar-refractivity contribution in [3.63, 3.8) is 0 Å². The predicted molar refractivity (Wildman–Crippen MR) is 106 cm³/mol. The van der Waals surface area contributed by atoms with Crippen LogP contribution in [0, 0.1) is 0 Å². The second kappa shape index (κ2) is 8.69. The van der Waals surface area contributed by atoms with Gasteiger partial charge in [-0.1, -0.05) is 48.0 Å². The van der Waals surface area contributed by atoms with Gasteiger partial charge in [-0.25, -0.2) is 9.79 Å². The monoisotopic (exact) mass is 364 g/mol. The van der Waals surface area contributed by atoms with Gasteiger partial charge >= 0.3 is 6.03 Å². The molecule has 3 aromatic rings. The van der Waals surface area contributed by atoms with Gasteiger partial charge in [-0.05, 0) is 48.5 Å². The van der Waals surface area contributed by atoms with Crippen molar-refractivity contribution in [3.8, 4) is 0 Å². The molecule has 0 atom stereocenters. The van der Waals surface area contributed by atoms with E-state index in [1.54, 1.807) is 24.3 Å². The quantitative estimate of drug-likeness (QED) is 0.357. The molecule has 130 valence electrons. The number of nitrogens with zero attached hydrogens (tertiary/aromatic N) is 1. The Morgan fingerprint density at radius 1 is 0.769 bits per heavy atom. The zero-order valence-electron chi connectivity index (χ0n) is 13.8. The van der Waals surface area contributed by atoms with Crippen LogP contribution in [0.15, 0.2) is 89.9 Å². The Kier molecular flexibility index (Phi) is 5.85. The van der Waals surface area contributed by atoms with Crippen LogP contribution in [0.4, 0.5) is 16.2 Å². The van der Waals surface area contributed by atoms with E-state index in [0.717, 1.165) is 11.3 Å². The van der Waals surface area contributed by atoms with Crippen LogP contribution in [0.25, 0.3) is 0 Å². The van der Waals surface area contributed by atoms with Crippen molar-refractivity contribution in [2.24, 2.45) is 4.99 Å². The van der Waals surface area contributed by atoms with Crippen LogP contribution in [0.1, 0.15) is 5.56 Å². The lowest BCUT2D eigenvalue weighted by Gasteiger charge is -2.13. The number of hydrogen-bond donors (Lipinski definition) is 3. The fraction of sp³-hybridized carbons (Fsp3) is 0. The van der Waals surface area contributed by atoms with Crippen LogP contribution < -0.4 is 16.2 Å². The largest absolute Gasteiger partial charge is 0.337 e. The zero-order valence-corrected chi connectivity index (χ0v) is 14.6. The number of amides is 2. The number of benzene rings is 3. The third-order valence-electron chi connectivity index (χ3n) is 3.44. The Balaban J connectivity index is 1.74. The van der Waals surface area contributed by atoms with Gasteiger partial charge in [0.25, 0.3) is 0 Å². The van der Waals surface area contributed by atoms with Gasteiger partial charge in [-0.15, -0.1) is 0 Å². The minimum absolute atomic E-state index is 0.397. The highest BCUT2D eigenvalue weighted by Crippen LogP contribution is 2.14. The molecule has 26 heavy (non-hydrogen) atoms. The number of anilines is 1. The van der Waals surface area contributed by atoms with Crippen molar-refractivity contribution in [2.45, 2.75) is 0 Å². The van der Waals surface area contributed by atoms with Gasteiger partial charge in [0.1, 0.15) is 0 Å². The standard InChI is InChI=1S/C20H17ClN4O/c21-16-13-11-15(12-14-16)19(22-17-7-3-1-4-8-17)24-25-20(26)23-18-9-5-2-6-10-18/h1-14H,(H,22,24)(H2,23,25,26). The van der Waals surface area contributed by atoms with E-state index in [4.69, 9.17) is 11.6 Å². The van der Waals surface area contributed by atoms with Crippen molar-refractivity contribution < 1.29 is 4.79 Å². The molecule has 3 rings (SSSR count). The molecule has 0 aliphatic rings. The molecule has 0 saturated carbocycles. The fourth-order valence-electron chi connectivity index (χ4n) is 2.20. The highest BCUT2D eigenvalue weighted by molar-refractivity contribution is 6.30. The first-order valence-electron chi connectivity index (χ1n) is 7.98. The Hall–Kier alpha value is -3.31. The van der Waals surface area contributed by atoms with Crippen LogP contribution in [-0.2, 0) is 0 Å². The topological polar surface area (TPSA) is 65.5 Å². The number of para-hydroxylation sites is 2. The van der Waals surface area contributed by atoms with Crippen molar-refractivity contribution in [2.75, 3.05) is 5.32 Å². The number of aliphatic imine (C=N–C) groups is 1. The number of hydrazine groups is 1. The van der Waals surface area contributed by atoms with Crippen LogP contribution in [0.5, 0.6) is 0 Å². The number of halogens is 1. The van der Waals surface area contributed by atoms with Gasteiger partial charge in [0.15, 0.2) is 5.84 Å². The molecule has 0 aliphatic carbocycles. The van der Waals surface area contributed by atoms with Crippen molar-refractivity contribution in [1.82, 2.24) is 10.9 Å². The Morgan fingerprint density at radius 3 is 2.04 bits per heavy atom. The first-order chi connectivity index (χ1) is 12.7. The number of amidine groups is 1. The number of rotatable bonds is 3. The normalized spacial score (nSPS) is 10.9. The van der Waals surface area contributed by atoms with Gasteiger partial charge in [0.05, 0.1) is 5.69 Å². The summed E-state index contributed by atoms with van der Waals surface area (Å²) in [4.78, 5) is 16.7. The molecule has 0 saturated heterocycles. The molecule has 0 radical (unpaired) electrons. The van der Waals surface area contributed by atoms with Crippen LogP contribution in [-0.4, -0.2) is 11.9 Å². The molecular formula is C20H17ClN4O. The lowest BCUT2D eigenvalue weighted by Crippen LogP contribution is -2.44. The number of carbonyl (C=O) groups excluding carboxylic acids is 1. The molecule has 0 aliphatic heterocycles. The van der Waals surface area contributed by atoms with E-state index < -0.39 is 6.03 Å². The third kappa shape index (κ3) is 5.09. The lowest BCUT2D eigenvalue weighted by molar-refractivity contribution is 0.250. The first-order valence-corrected chi connectivity index (χ1v) is 8.36. The summed E-state index contributed by atoms with van der Waals surface area (Å²) in [5.41, 5.74) is 7.71. The summed E-state index contributed by atoms with van der Waals surface area (Å²) in [7, 11) is 0. The third-order valence-corrected chi connectivity index (χ3v) is 3.69. The maximum Gasteiger partial charge on any atom is 0.337 e. The van der Waals surface area contributed by atoms with Gasteiger partial charge in [0, 0.05) is 16.3 Å². The lowest BCUT2D eigenvalue weighted by atomic mass is 10.2. The Morgan fingerprint density at radius 2 is 1.38 bits per heavy atom. The molecule has 0 aromatic heterocycles. The van der Waals surface area contributed by atoms with Gasteiger partial charge in [-0.3, -0.25) is 10.9 Å². The summed E-state index contributed by atoms with van der Waals surface area (Å²) in [5, 5.41) is 3.36. The van der Waals surface area contributed by atoms with Crippen molar-refractivity contribution in [3.05, 3.63) is 95.5 Å². The highest BCUT2D eigenvalue weighted by atomic mass is 35.5. The van der Waals surface area contributed by atoms with Crippen molar-refractivity contribution in [1.29, 1.82) is 0 Å². The minimum atomic E-state index is -0.397. The van der Waals surface area contributed by atoms with E-state index in [2.05, 4.69) is 21.2 Å². The molecule has 0 spiro atoms. The SMILES string of the molecule is O=C(NNC(=Nc1ccccc1)c1ccc(Cl)cc1)Nc1ccccc1. The number of hydrogen-bond acceptors (Lipinski definition) is 2. The van der Waals surface area contributed by atoms with Gasteiger partial charge in [-0.2, -0.15) is 0 Å². The van der Waals surface area contributed by atoms with E-state index in [-0.39, 0.29) is 0 Å². The molecule has 2 amide bonds. The van der Waals surface area contributed by atoms with Crippen LogP contribution in [0.3, 0.4) is 0 Å². The van der Waals surface area contributed by atoms with Crippen molar-refractivity contribution >= 4 is 34.8 Å². The second-order valence-electron chi connectivity index (χ2n) is 5.37. The average Bonchev–Trinajstić information content (AvgIpc) is 2.67. The fourth-order valence-corrected chi connectivity index (χ4v) is 2.33. The van der Waals surface area contributed by atoms with Crippen LogP contribution >= 0.6 is 11.6 Å². The van der Waals surface area contributed by atoms with E-state index in [0.29, 0.717) is 16.5 Å². The summed E-state index contributed by atoms with van der Waals surface area (Å²) in [6.07, 6.45) is 0. The maximum atomic E-state index is 12.1. The predicted octanol–water partition coefficient (Wildman–Crippen LogP) is 4.74. The molecular weight excluding hydrogens is 348 g/mol. The molecule has 0 fully saturated rings. The molecule has 0 unspecified atom stereocenters. The summed E-state index contributed by atoms with van der Waals surface area (Å²) < 4.78 is 0. The van der Waals surface area contributed by atoms with Gasteiger partial charge < -0.3 is 5.32 Å². The smallest absolute Gasteiger partial charge is 0.307 e. The number of urea groups is 1. The van der Waals surface area contributed by atoms with E-state index in [1.165, 1.54) is 0 Å². The number of nitrogens with one attached hydrogen (secondary N) is 3. The molecule has 6 heteroatoms. The first kappa shape index (κ1) is 17.5. The van der Waals surface area contributed by atoms with E-state index >= 15 is 0 Å². The Bertz CT molecular complexity index is 881. The zero-order chi connectivity index (χ0) is 18.2. The summed E-state index contributed by atoms with van der Waals surface area (Å²) in [6, 6.07) is 25.4. The second-order valence-corrected chi connectivity index (χ2v) is 5.81. The molecule has 3 N–H and O–H groups in total. The van der Waals surface area contributed by atoms with Gasteiger partial charge in [0.2, 0.25) is 0 Å². The summed E-state index contributed by atoms with van der Waals surface area (Å²) >= 11 is 5.95. The summed E-state index contributed by atoms with van der Waals surface area (Å²) in [5.74, 6) is 0.496.